The fraction of sp³-hybridized carbons (Fsp3) is 0.227. The first-order chi connectivity index (χ1) is 28.5. The molecule has 1 fully saturated rings. The third-order valence-electron chi connectivity index (χ3n) is 8.39. The van der Waals surface area contributed by atoms with Crippen LogP contribution < -0.4 is 0 Å². The zero-order valence-corrected chi connectivity index (χ0v) is 28.3. The first-order valence-corrected chi connectivity index (χ1v) is 15.5. The normalized spacial score (nSPS) is 18.6. The summed E-state index contributed by atoms with van der Waals surface area (Å²) in [5, 5.41) is 1.79. The smallest absolute Gasteiger partial charge is 0.120 e. The van der Waals surface area contributed by atoms with Crippen LogP contribution in [0.2, 0.25) is 0 Å². The molecule has 48 heavy (non-hydrogen) atoms. The SMILES string of the molecule is [2H]C([2H])([2H])c1c[c-]c(-c2ccc(C([2H])([2H])[2H])cn2)cc1.[2H]C([2H])([2H])c1cnc(-c2[c-]ccc3c2oc2ccccc23)cc1-c1ccc(C([2H])([2H])C2CCCC2)cc1C([2H])([2H])[2H].[Ir]. The predicted molar refractivity (Wildman–Crippen MR) is 194 cm³/mol. The van der Waals surface area contributed by atoms with Gasteiger partial charge >= 0.3 is 0 Å². The Morgan fingerprint density at radius 2 is 1.60 bits per heavy atom. The average molecular weight is 819 g/mol. The van der Waals surface area contributed by atoms with Crippen molar-refractivity contribution in [3.63, 3.8) is 0 Å². The molecule has 243 valence electrons. The van der Waals surface area contributed by atoms with Gasteiger partial charge in [0.25, 0.3) is 0 Å². The minimum Gasteiger partial charge on any atom is -0.501 e. The molecule has 0 atom stereocenters. The van der Waals surface area contributed by atoms with E-state index in [2.05, 4.69) is 22.1 Å². The van der Waals surface area contributed by atoms with Crippen LogP contribution in [0.1, 0.15) is 72.7 Å². The molecule has 0 aliphatic heterocycles. The molecule has 3 nitrogen and oxygen atoms in total. The van der Waals surface area contributed by atoms with Crippen molar-refractivity contribution < 1.29 is 43.7 Å². The molecule has 1 aliphatic rings. The van der Waals surface area contributed by atoms with Crippen molar-refractivity contribution in [1.29, 1.82) is 0 Å². The number of aromatic nitrogens is 2. The zero-order chi connectivity index (χ0) is 44.1. The van der Waals surface area contributed by atoms with E-state index in [-0.39, 0.29) is 59.4 Å². The topological polar surface area (TPSA) is 38.9 Å². The van der Waals surface area contributed by atoms with E-state index in [0.29, 0.717) is 39.2 Å². The number of fused-ring (bicyclic) bond motifs is 3. The summed E-state index contributed by atoms with van der Waals surface area (Å²) in [5.41, 5.74) is 4.24. The maximum absolute atomic E-state index is 8.82. The van der Waals surface area contributed by atoms with E-state index >= 15 is 0 Å². The molecule has 4 aromatic carbocycles. The van der Waals surface area contributed by atoms with E-state index in [9.17, 15) is 0 Å². The molecule has 4 heteroatoms. The molecule has 0 bridgehead atoms. The minimum absolute atomic E-state index is 0. The number of rotatable bonds is 5. The van der Waals surface area contributed by atoms with Crippen molar-refractivity contribution >= 4 is 21.9 Å². The van der Waals surface area contributed by atoms with Gasteiger partial charge in [0.2, 0.25) is 0 Å². The number of hydrogen-bond donors (Lipinski definition) is 0. The summed E-state index contributed by atoms with van der Waals surface area (Å²) in [6.07, 6.45) is 4.26. The molecule has 7 aromatic rings. The van der Waals surface area contributed by atoms with E-state index in [4.69, 9.17) is 23.6 Å². The second-order valence-corrected chi connectivity index (χ2v) is 11.6. The molecule has 0 N–H and O–H groups in total. The maximum atomic E-state index is 8.82. The number of benzene rings is 4. The zero-order valence-electron chi connectivity index (χ0n) is 39.9. The number of hydrogen-bond acceptors (Lipinski definition) is 3. The molecule has 3 heterocycles. The van der Waals surface area contributed by atoms with Gasteiger partial charge in [-0.3, -0.25) is 0 Å². The number of nitrogens with zero attached hydrogens (tertiary/aromatic N) is 2. The van der Waals surface area contributed by atoms with E-state index in [1.54, 1.807) is 36.4 Å². The minimum atomic E-state index is -2.61. The molecular formula is C44H40IrN2O-2. The van der Waals surface area contributed by atoms with E-state index < -0.39 is 33.8 Å². The number of para-hydroxylation sites is 1. The Morgan fingerprint density at radius 1 is 0.771 bits per heavy atom. The standard InChI is InChI=1S/C31H28NO.C13H12N.Ir/c1-20-16-23(17-22-8-3-4-9-22)14-15-24(20)28-18-29(32-19-21(28)2)27-12-7-11-26-25-10-5-6-13-30(25)33-31(26)27;1-10-3-6-12(7-4-10)13-8-5-11(2)9-14-13;/h5-7,10-11,13-16,18-19,22H,3-4,8-9,17H2,1-2H3;3-6,8-9H,1-2H3;/q2*-1;/i1D3,2D3,17D2;1D3,2D3;. The number of furan rings is 1. The van der Waals surface area contributed by atoms with Crippen LogP contribution in [0, 0.1) is 45.5 Å². The molecule has 1 aliphatic carbocycles. The van der Waals surface area contributed by atoms with Crippen molar-refractivity contribution in [3.8, 4) is 33.6 Å². The summed E-state index contributed by atoms with van der Waals surface area (Å²) >= 11 is 0. The van der Waals surface area contributed by atoms with Crippen LogP contribution in [0.4, 0.5) is 0 Å². The van der Waals surface area contributed by atoms with Crippen LogP contribution in [-0.2, 0) is 26.5 Å². The molecule has 3 aromatic heterocycles. The van der Waals surface area contributed by atoms with Gasteiger partial charge in [0, 0.05) is 57.1 Å². The first kappa shape index (κ1) is 20.2. The van der Waals surface area contributed by atoms with E-state index in [1.165, 1.54) is 36.7 Å². The van der Waals surface area contributed by atoms with Crippen LogP contribution in [0.3, 0.4) is 0 Å². The second kappa shape index (κ2) is 14.8. The fourth-order valence-corrected chi connectivity index (χ4v) is 6.01. The molecule has 1 saturated carbocycles. The Labute approximate surface area is 317 Å². The van der Waals surface area contributed by atoms with Gasteiger partial charge in [0.05, 0.1) is 5.58 Å². The Morgan fingerprint density at radius 3 is 2.38 bits per heavy atom. The van der Waals surface area contributed by atoms with Crippen molar-refractivity contribution in [3.05, 3.63) is 143 Å². The van der Waals surface area contributed by atoms with Gasteiger partial charge in [0.15, 0.2) is 0 Å². The Kier molecular flexibility index (Phi) is 6.24. The van der Waals surface area contributed by atoms with Crippen LogP contribution >= 0.6 is 0 Å². The molecular weight excluding hydrogens is 765 g/mol. The summed E-state index contributed by atoms with van der Waals surface area (Å²) < 4.78 is 117. The number of pyridine rings is 2. The Hall–Kier alpha value is -4.37. The van der Waals surface area contributed by atoms with E-state index in [0.717, 1.165) is 36.5 Å². The van der Waals surface area contributed by atoms with Gasteiger partial charge in [-0.25, -0.2) is 0 Å². The van der Waals surface area contributed by atoms with Gasteiger partial charge in [-0.05, 0) is 83.7 Å². The van der Waals surface area contributed by atoms with E-state index in [1.807, 2.05) is 30.3 Å². The van der Waals surface area contributed by atoms with Crippen LogP contribution in [0.5, 0.6) is 0 Å². The van der Waals surface area contributed by atoms with Gasteiger partial charge in [-0.1, -0.05) is 98.1 Å². The van der Waals surface area contributed by atoms with Crippen molar-refractivity contribution in [2.75, 3.05) is 0 Å². The van der Waals surface area contributed by atoms with Gasteiger partial charge in [-0.15, -0.1) is 53.6 Å². The maximum Gasteiger partial charge on any atom is 0.120 e. The molecule has 0 amide bonds. The Bertz CT molecular complexity index is 2620. The quantitative estimate of drug-likeness (QED) is 0.162. The first-order valence-electron chi connectivity index (χ1n) is 22.5. The molecule has 0 unspecified atom stereocenters. The summed E-state index contributed by atoms with van der Waals surface area (Å²) in [5.74, 6) is -0.192. The summed E-state index contributed by atoms with van der Waals surface area (Å²) in [6, 6.07) is 31.0. The van der Waals surface area contributed by atoms with Crippen molar-refractivity contribution in [2.45, 2.75) is 59.5 Å². The van der Waals surface area contributed by atoms with Gasteiger partial charge in [0.1, 0.15) is 5.58 Å². The van der Waals surface area contributed by atoms with Gasteiger partial charge < -0.3 is 14.4 Å². The monoisotopic (exact) mass is 819 g/mol. The molecule has 0 spiro atoms. The summed E-state index contributed by atoms with van der Waals surface area (Å²) in [4.78, 5) is 8.55. The summed E-state index contributed by atoms with van der Waals surface area (Å²) in [7, 11) is 0. The number of aryl methyl sites for hydroxylation is 4. The Balaban J connectivity index is 0.000000258. The third kappa shape index (κ3) is 7.21. The van der Waals surface area contributed by atoms with Crippen molar-refractivity contribution in [1.82, 2.24) is 9.97 Å². The van der Waals surface area contributed by atoms with Crippen LogP contribution in [-0.4, -0.2) is 9.97 Å². The van der Waals surface area contributed by atoms with Crippen LogP contribution in [0.25, 0.3) is 55.6 Å². The van der Waals surface area contributed by atoms with Crippen LogP contribution in [0.15, 0.2) is 108 Å². The molecule has 1 radical (unpaired) electrons. The fourth-order valence-electron chi connectivity index (χ4n) is 6.01. The summed E-state index contributed by atoms with van der Waals surface area (Å²) in [6.45, 7) is -9.52. The predicted octanol–water partition coefficient (Wildman–Crippen LogP) is 11.6. The molecule has 8 rings (SSSR count). The van der Waals surface area contributed by atoms with Gasteiger partial charge in [-0.2, -0.15) is 0 Å². The van der Waals surface area contributed by atoms with Crippen molar-refractivity contribution in [2.24, 2.45) is 5.92 Å². The largest absolute Gasteiger partial charge is 0.501 e. The third-order valence-corrected chi connectivity index (χ3v) is 8.39. The second-order valence-electron chi connectivity index (χ2n) is 11.6. The molecule has 0 saturated heterocycles. The average Bonchev–Trinajstić information content (AvgIpc) is 3.89.